The maximum Gasteiger partial charge on any atom is 0.305 e. The predicted molar refractivity (Wildman–Crippen MR) is 47.7 cm³/mol. The number of fused-ring (bicyclic) bond motifs is 1. The lowest BCUT2D eigenvalue weighted by atomic mass is 9.95. The van der Waals surface area contributed by atoms with Gasteiger partial charge in [-0.25, -0.2) is 0 Å². The predicted octanol–water partition coefficient (Wildman–Crippen LogP) is 2.24. The third kappa shape index (κ3) is 1.84. The molecule has 2 heteroatoms. The van der Waals surface area contributed by atoms with Crippen LogP contribution >= 0.6 is 0 Å². The van der Waals surface area contributed by atoms with E-state index in [1.165, 1.54) is 18.2 Å². The molecule has 2 rings (SSSR count). The van der Waals surface area contributed by atoms with E-state index in [9.17, 15) is 4.79 Å². The second-order valence-corrected chi connectivity index (χ2v) is 2.51. The van der Waals surface area contributed by atoms with Gasteiger partial charge in [0, 0.05) is 6.42 Å². The van der Waals surface area contributed by atoms with Gasteiger partial charge in [0.2, 0.25) is 0 Å². The number of hydrogen-bond donors (Lipinski definition) is 0. The number of carbonyl (C=O) groups is 1. The fourth-order valence-corrected chi connectivity index (χ4v) is 0.807. The van der Waals surface area contributed by atoms with Crippen LogP contribution in [0.4, 0.5) is 0 Å². The van der Waals surface area contributed by atoms with Crippen molar-refractivity contribution >= 4 is 5.97 Å². The molecule has 0 saturated carbocycles. The normalized spacial score (nSPS) is 9.50. The third-order valence-corrected chi connectivity index (χ3v) is 1.73. The Balaban J connectivity index is 0.000000120. The van der Waals surface area contributed by atoms with Crippen LogP contribution in [0, 0.1) is 0 Å². The zero-order chi connectivity index (χ0) is 8.97. The van der Waals surface area contributed by atoms with Crippen LogP contribution in [0.3, 0.4) is 0 Å². The number of methoxy groups -OCH3 is 1. The summed E-state index contributed by atoms with van der Waals surface area (Å²) >= 11 is 0. The van der Waals surface area contributed by atoms with Crippen molar-refractivity contribution in [3.05, 3.63) is 24.3 Å². The standard InChI is InChI=1S/C6H4.C4H8O2/c1-2-6-4-3-5(1)6;1-3-4(5)6-2/h1-4H;3H2,1-2H3. The lowest BCUT2D eigenvalue weighted by Gasteiger charge is -2.10. The zero-order valence-corrected chi connectivity index (χ0v) is 7.33. The molecule has 12 heavy (non-hydrogen) atoms. The maximum absolute atomic E-state index is 9.96. The van der Waals surface area contributed by atoms with Gasteiger partial charge in [-0.2, -0.15) is 0 Å². The summed E-state index contributed by atoms with van der Waals surface area (Å²) in [6.45, 7) is 1.76. The summed E-state index contributed by atoms with van der Waals surface area (Å²) in [4.78, 5) is 9.96. The van der Waals surface area contributed by atoms with Crippen LogP contribution in [-0.2, 0) is 9.53 Å². The summed E-state index contributed by atoms with van der Waals surface area (Å²) in [6.07, 6.45) is 0.469. The minimum absolute atomic E-state index is 0.157. The van der Waals surface area contributed by atoms with Crippen LogP contribution in [0.5, 0.6) is 0 Å². The minimum Gasteiger partial charge on any atom is -0.469 e. The van der Waals surface area contributed by atoms with Gasteiger partial charge in [-0.3, -0.25) is 4.79 Å². The van der Waals surface area contributed by atoms with Crippen LogP contribution in [-0.4, -0.2) is 13.1 Å². The Morgan fingerprint density at radius 3 is 1.67 bits per heavy atom. The van der Waals surface area contributed by atoms with E-state index in [0.717, 1.165) is 0 Å². The Morgan fingerprint density at radius 2 is 1.67 bits per heavy atom. The quantitative estimate of drug-likeness (QED) is 0.604. The minimum atomic E-state index is -0.157. The van der Waals surface area contributed by atoms with Gasteiger partial charge in [-0.1, -0.05) is 31.2 Å². The van der Waals surface area contributed by atoms with Crippen LogP contribution < -0.4 is 0 Å². The van der Waals surface area contributed by atoms with Crippen LogP contribution in [0.15, 0.2) is 24.3 Å². The molecule has 2 aliphatic rings. The SMILES string of the molecule is CCC(=O)OC.c1cc2ccc1-2. The zero-order valence-electron chi connectivity index (χ0n) is 7.33. The molecule has 0 radical (unpaired) electrons. The van der Waals surface area contributed by atoms with E-state index in [0.29, 0.717) is 6.42 Å². The first kappa shape index (κ1) is 8.78. The van der Waals surface area contributed by atoms with Crippen molar-refractivity contribution in [1.82, 2.24) is 0 Å². The highest BCUT2D eigenvalue weighted by Gasteiger charge is 2.03. The average molecular weight is 164 g/mol. The second-order valence-electron chi connectivity index (χ2n) is 2.51. The van der Waals surface area contributed by atoms with Gasteiger partial charge in [0.15, 0.2) is 0 Å². The highest BCUT2D eigenvalue weighted by Crippen LogP contribution is 2.29. The topological polar surface area (TPSA) is 26.3 Å². The molecule has 2 aliphatic carbocycles. The molecule has 0 aromatic heterocycles. The Hall–Kier alpha value is -1.31. The molecule has 0 aliphatic heterocycles. The molecule has 0 fully saturated rings. The van der Waals surface area contributed by atoms with E-state index < -0.39 is 0 Å². The molecule has 0 aromatic carbocycles. The van der Waals surface area contributed by atoms with Gasteiger partial charge >= 0.3 is 5.97 Å². The Morgan fingerprint density at radius 1 is 1.25 bits per heavy atom. The summed E-state index contributed by atoms with van der Waals surface area (Å²) < 4.78 is 4.26. The molecular formula is C10H12O2. The molecule has 0 saturated heterocycles. The van der Waals surface area contributed by atoms with Gasteiger partial charge in [0.05, 0.1) is 7.11 Å². The van der Waals surface area contributed by atoms with Crippen molar-refractivity contribution in [3.63, 3.8) is 0 Å². The number of carbonyl (C=O) groups excluding carboxylic acids is 1. The fourth-order valence-electron chi connectivity index (χ4n) is 0.807. The van der Waals surface area contributed by atoms with Crippen molar-refractivity contribution < 1.29 is 9.53 Å². The van der Waals surface area contributed by atoms with Crippen molar-refractivity contribution in [2.75, 3.05) is 7.11 Å². The molecular weight excluding hydrogens is 152 g/mol. The van der Waals surface area contributed by atoms with E-state index in [1.807, 2.05) is 0 Å². The number of esters is 1. The maximum atomic E-state index is 9.96. The van der Waals surface area contributed by atoms with Gasteiger partial charge in [0.25, 0.3) is 0 Å². The van der Waals surface area contributed by atoms with Crippen LogP contribution in [0.25, 0.3) is 11.1 Å². The number of ether oxygens (including phenoxy) is 1. The van der Waals surface area contributed by atoms with E-state index >= 15 is 0 Å². The number of hydrogen-bond acceptors (Lipinski definition) is 2. The molecule has 0 aromatic rings. The number of benzene rings is 1. The van der Waals surface area contributed by atoms with Crippen LogP contribution in [0.1, 0.15) is 13.3 Å². The van der Waals surface area contributed by atoms with E-state index in [2.05, 4.69) is 29.0 Å². The molecule has 0 heterocycles. The molecule has 0 N–H and O–H groups in total. The summed E-state index contributed by atoms with van der Waals surface area (Å²) in [5, 5.41) is 0. The van der Waals surface area contributed by atoms with Crippen molar-refractivity contribution in [3.8, 4) is 11.1 Å². The first-order valence-electron chi connectivity index (χ1n) is 3.95. The molecule has 64 valence electrons. The van der Waals surface area contributed by atoms with Crippen molar-refractivity contribution in [2.24, 2.45) is 0 Å². The first-order chi connectivity index (χ1) is 5.77. The first-order valence-corrected chi connectivity index (χ1v) is 3.95. The highest BCUT2D eigenvalue weighted by molar-refractivity contribution is 5.75. The van der Waals surface area contributed by atoms with Gasteiger partial charge in [0.1, 0.15) is 0 Å². The Bertz CT molecular complexity index is 235. The second kappa shape index (κ2) is 3.90. The Labute approximate surface area is 72.2 Å². The van der Waals surface area contributed by atoms with Crippen molar-refractivity contribution in [1.29, 1.82) is 0 Å². The van der Waals surface area contributed by atoms with E-state index in [1.54, 1.807) is 6.92 Å². The monoisotopic (exact) mass is 164 g/mol. The molecule has 0 spiro atoms. The van der Waals surface area contributed by atoms with Gasteiger partial charge < -0.3 is 4.74 Å². The summed E-state index contributed by atoms with van der Waals surface area (Å²) in [5.74, 6) is -0.157. The molecule has 0 atom stereocenters. The van der Waals surface area contributed by atoms with E-state index in [-0.39, 0.29) is 5.97 Å². The highest BCUT2D eigenvalue weighted by atomic mass is 16.5. The lowest BCUT2D eigenvalue weighted by molar-refractivity contribution is -0.140. The van der Waals surface area contributed by atoms with E-state index in [4.69, 9.17) is 0 Å². The summed E-state index contributed by atoms with van der Waals surface area (Å²) in [5.41, 5.74) is 2.85. The third-order valence-electron chi connectivity index (χ3n) is 1.73. The van der Waals surface area contributed by atoms with Crippen LogP contribution in [0.2, 0.25) is 0 Å². The molecule has 0 amide bonds. The van der Waals surface area contributed by atoms with Gasteiger partial charge in [-0.05, 0) is 11.1 Å². The number of rotatable bonds is 1. The molecule has 0 bridgehead atoms. The smallest absolute Gasteiger partial charge is 0.305 e. The average Bonchev–Trinajstić information content (AvgIpc) is 2.10. The summed E-state index contributed by atoms with van der Waals surface area (Å²) in [6, 6.07) is 8.48. The molecule has 0 unspecified atom stereocenters. The van der Waals surface area contributed by atoms with Crippen molar-refractivity contribution in [2.45, 2.75) is 13.3 Å². The Kier molecular flexibility index (Phi) is 2.86. The van der Waals surface area contributed by atoms with Gasteiger partial charge in [-0.15, -0.1) is 0 Å². The summed E-state index contributed by atoms with van der Waals surface area (Å²) in [7, 11) is 1.38. The largest absolute Gasteiger partial charge is 0.469 e. The lowest BCUT2D eigenvalue weighted by Crippen LogP contribution is -1.94. The molecule has 2 nitrogen and oxygen atoms in total. The fraction of sp³-hybridized carbons (Fsp3) is 0.300.